The summed E-state index contributed by atoms with van der Waals surface area (Å²) in [6, 6.07) is 20.8. The maximum Gasteiger partial charge on any atom is 0.357 e. The first-order valence-corrected chi connectivity index (χ1v) is 11.3. The number of guanidine groups is 1. The maximum atomic E-state index is 12.0. The van der Waals surface area contributed by atoms with Crippen LogP contribution >= 0.6 is 11.3 Å². The topological polar surface area (TPSA) is 127 Å². The maximum absolute atomic E-state index is 12.0. The van der Waals surface area contributed by atoms with Crippen molar-refractivity contribution in [3.63, 3.8) is 0 Å². The third-order valence-electron chi connectivity index (χ3n) is 4.78. The molecule has 0 atom stereocenters. The number of hydrogen-bond donors (Lipinski definition) is 3. The molecule has 0 aliphatic carbocycles. The van der Waals surface area contributed by atoms with Crippen LogP contribution in [0.15, 0.2) is 71.7 Å². The Morgan fingerprint density at radius 1 is 1.03 bits per heavy atom. The number of hydrogen-bond acceptors (Lipinski definition) is 8. The number of carbonyl (C=O) groups is 1. The average Bonchev–Trinajstić information content (AvgIpc) is 3.28. The highest BCUT2D eigenvalue weighted by Gasteiger charge is 2.18. The van der Waals surface area contributed by atoms with Gasteiger partial charge in [-0.2, -0.15) is 4.99 Å². The summed E-state index contributed by atoms with van der Waals surface area (Å²) in [5.41, 5.74) is 9.58. The van der Waals surface area contributed by atoms with Gasteiger partial charge in [0.2, 0.25) is 0 Å². The lowest BCUT2D eigenvalue weighted by molar-refractivity contribution is 0.0594. The molecular weight excluding hydrogens is 450 g/mol. The fraction of sp³-hybridized carbons (Fsp3) is 0.125. The summed E-state index contributed by atoms with van der Waals surface area (Å²) in [4.78, 5) is 21.5. The second kappa shape index (κ2) is 10.5. The fourth-order valence-corrected chi connectivity index (χ4v) is 4.06. The van der Waals surface area contributed by atoms with Crippen molar-refractivity contribution in [2.24, 2.45) is 10.7 Å². The molecule has 4 N–H and O–H groups in total. The molecule has 2 aromatic carbocycles. The Labute approximate surface area is 200 Å². The van der Waals surface area contributed by atoms with Crippen LogP contribution in [-0.2, 0) is 11.2 Å². The van der Waals surface area contributed by atoms with Crippen LogP contribution in [-0.4, -0.2) is 34.2 Å². The molecule has 0 fully saturated rings. The van der Waals surface area contributed by atoms with Gasteiger partial charge in [-0.25, -0.2) is 9.78 Å². The van der Waals surface area contributed by atoms with E-state index in [9.17, 15) is 4.79 Å². The molecule has 9 nitrogen and oxygen atoms in total. The fourth-order valence-electron chi connectivity index (χ4n) is 3.15. The predicted molar refractivity (Wildman–Crippen MR) is 135 cm³/mol. The molecule has 172 valence electrons. The summed E-state index contributed by atoms with van der Waals surface area (Å²) in [5, 5.41) is 15.3. The minimum atomic E-state index is -0.455. The third kappa shape index (κ3) is 5.36. The highest BCUT2D eigenvalue weighted by atomic mass is 32.1. The zero-order chi connectivity index (χ0) is 23.9. The van der Waals surface area contributed by atoms with Crippen LogP contribution in [0.3, 0.4) is 0 Å². The monoisotopic (exact) mass is 473 g/mol. The molecule has 0 radical (unpaired) electrons. The van der Waals surface area contributed by atoms with Gasteiger partial charge in [-0.1, -0.05) is 49.4 Å². The zero-order valence-corrected chi connectivity index (χ0v) is 19.5. The van der Waals surface area contributed by atoms with Gasteiger partial charge in [0, 0.05) is 10.4 Å². The van der Waals surface area contributed by atoms with E-state index >= 15 is 0 Å². The molecule has 4 rings (SSSR count). The SMILES string of the molecule is CCc1sc(Nc2ccccc2NC(N)=Nc2ccc(-c3ccccc3)nn2)nc1C(=O)OC. The van der Waals surface area contributed by atoms with Gasteiger partial charge in [-0.3, -0.25) is 0 Å². The second-order valence-corrected chi connectivity index (χ2v) is 8.15. The lowest BCUT2D eigenvalue weighted by Gasteiger charge is -2.11. The molecule has 34 heavy (non-hydrogen) atoms. The summed E-state index contributed by atoms with van der Waals surface area (Å²) in [6.45, 7) is 1.96. The molecule has 0 saturated carbocycles. The van der Waals surface area contributed by atoms with E-state index in [4.69, 9.17) is 10.5 Å². The number of para-hydroxylation sites is 2. The van der Waals surface area contributed by atoms with E-state index in [0.29, 0.717) is 28.8 Å². The van der Waals surface area contributed by atoms with Crippen LogP contribution < -0.4 is 16.4 Å². The van der Waals surface area contributed by atoms with Crippen molar-refractivity contribution < 1.29 is 9.53 Å². The van der Waals surface area contributed by atoms with Gasteiger partial charge in [-0.05, 0) is 30.7 Å². The van der Waals surface area contributed by atoms with E-state index in [-0.39, 0.29) is 5.96 Å². The lowest BCUT2D eigenvalue weighted by Crippen LogP contribution is -2.22. The summed E-state index contributed by atoms with van der Waals surface area (Å²) >= 11 is 1.40. The van der Waals surface area contributed by atoms with E-state index in [1.165, 1.54) is 18.4 Å². The Bertz CT molecular complexity index is 1300. The van der Waals surface area contributed by atoms with Crippen LogP contribution in [0.4, 0.5) is 22.3 Å². The molecule has 4 aromatic rings. The molecule has 0 saturated heterocycles. The number of benzene rings is 2. The van der Waals surface area contributed by atoms with Crippen LogP contribution in [0.5, 0.6) is 0 Å². The van der Waals surface area contributed by atoms with Crippen molar-refractivity contribution in [2.75, 3.05) is 17.7 Å². The number of nitrogens with zero attached hydrogens (tertiary/aromatic N) is 4. The second-order valence-electron chi connectivity index (χ2n) is 7.07. The Balaban J connectivity index is 1.50. The summed E-state index contributed by atoms with van der Waals surface area (Å²) in [7, 11) is 1.34. The number of nitrogens with two attached hydrogens (primary N) is 1. The number of thiazole rings is 1. The van der Waals surface area contributed by atoms with Gasteiger partial charge in [0.05, 0.1) is 24.2 Å². The Morgan fingerprint density at radius 2 is 1.76 bits per heavy atom. The van der Waals surface area contributed by atoms with Gasteiger partial charge in [0.1, 0.15) is 0 Å². The van der Waals surface area contributed by atoms with Crippen LogP contribution in [0, 0.1) is 0 Å². The lowest BCUT2D eigenvalue weighted by atomic mass is 10.1. The summed E-state index contributed by atoms with van der Waals surface area (Å²) < 4.78 is 4.83. The Kier molecular flexibility index (Phi) is 7.09. The van der Waals surface area contributed by atoms with Crippen molar-refractivity contribution in [1.82, 2.24) is 15.2 Å². The zero-order valence-electron chi connectivity index (χ0n) is 18.6. The number of aromatic nitrogens is 3. The largest absolute Gasteiger partial charge is 0.464 e. The smallest absolute Gasteiger partial charge is 0.357 e. The van der Waals surface area contributed by atoms with Crippen LogP contribution in [0.2, 0.25) is 0 Å². The number of aryl methyl sites for hydroxylation is 1. The molecular formula is C24H23N7O2S. The minimum absolute atomic E-state index is 0.152. The normalized spacial score (nSPS) is 11.2. The standard InChI is InChI=1S/C24H23N7O2S/c1-3-19-21(22(32)33-2)29-24(34-19)27-18-12-8-7-11-17(18)26-23(25)28-20-14-13-16(30-31-20)15-9-5-4-6-10-15/h4-14H,3H2,1-2H3,(H,27,29)(H3,25,26,28,31). The number of nitrogens with one attached hydrogen (secondary N) is 2. The van der Waals surface area contributed by atoms with Gasteiger partial charge >= 0.3 is 5.97 Å². The van der Waals surface area contributed by atoms with Gasteiger partial charge in [0.15, 0.2) is 22.6 Å². The highest BCUT2D eigenvalue weighted by molar-refractivity contribution is 7.16. The molecule has 2 aromatic heterocycles. The Morgan fingerprint density at radius 3 is 2.44 bits per heavy atom. The van der Waals surface area contributed by atoms with Gasteiger partial charge < -0.3 is 21.1 Å². The molecule has 0 bridgehead atoms. The number of rotatable bonds is 7. The van der Waals surface area contributed by atoms with Crippen LogP contribution in [0.1, 0.15) is 22.3 Å². The summed E-state index contributed by atoms with van der Waals surface area (Å²) in [6.07, 6.45) is 0.674. The molecule has 0 aliphatic heterocycles. The molecule has 0 spiro atoms. The van der Waals surface area contributed by atoms with Gasteiger partial charge in [0.25, 0.3) is 0 Å². The number of esters is 1. The van der Waals surface area contributed by atoms with E-state index in [0.717, 1.165) is 21.8 Å². The first-order valence-electron chi connectivity index (χ1n) is 10.5. The van der Waals surface area contributed by atoms with Crippen LogP contribution in [0.25, 0.3) is 11.3 Å². The van der Waals surface area contributed by atoms with Crippen molar-refractivity contribution >= 4 is 45.6 Å². The predicted octanol–water partition coefficient (Wildman–Crippen LogP) is 4.75. The molecule has 0 aliphatic rings. The quantitative estimate of drug-likeness (QED) is 0.199. The van der Waals surface area contributed by atoms with E-state index < -0.39 is 5.97 Å². The van der Waals surface area contributed by atoms with Gasteiger partial charge in [-0.15, -0.1) is 21.5 Å². The molecule has 10 heteroatoms. The Hall–Kier alpha value is -4.31. The number of carbonyl (C=O) groups excluding carboxylic acids is 1. The number of ether oxygens (including phenoxy) is 1. The van der Waals surface area contributed by atoms with E-state index in [1.807, 2.05) is 67.6 Å². The molecule has 2 heterocycles. The number of methoxy groups -OCH3 is 1. The third-order valence-corrected chi connectivity index (χ3v) is 5.90. The molecule has 0 amide bonds. The van der Waals surface area contributed by atoms with Crippen molar-refractivity contribution in [1.29, 1.82) is 0 Å². The highest BCUT2D eigenvalue weighted by Crippen LogP contribution is 2.30. The number of aliphatic imine (C=N–C) groups is 1. The van der Waals surface area contributed by atoms with E-state index in [2.05, 4.69) is 30.8 Å². The van der Waals surface area contributed by atoms with Crippen molar-refractivity contribution in [3.8, 4) is 11.3 Å². The van der Waals surface area contributed by atoms with Crippen molar-refractivity contribution in [3.05, 3.63) is 77.3 Å². The summed E-state index contributed by atoms with van der Waals surface area (Å²) in [5.74, 6) is 0.0772. The first kappa shape index (κ1) is 22.9. The number of anilines is 3. The van der Waals surface area contributed by atoms with E-state index in [1.54, 1.807) is 6.07 Å². The first-order chi connectivity index (χ1) is 16.6. The minimum Gasteiger partial charge on any atom is -0.464 e. The van der Waals surface area contributed by atoms with Crippen molar-refractivity contribution in [2.45, 2.75) is 13.3 Å². The molecule has 0 unspecified atom stereocenters. The average molecular weight is 474 g/mol.